The van der Waals surface area contributed by atoms with Crippen LogP contribution in [0.3, 0.4) is 0 Å². The van der Waals surface area contributed by atoms with Crippen LogP contribution in [0.15, 0.2) is 6.07 Å². The van der Waals surface area contributed by atoms with Crippen LogP contribution < -0.4 is 26.8 Å². The normalized spacial score (nSPS) is 13.0. The predicted octanol–water partition coefficient (Wildman–Crippen LogP) is 20.8. The van der Waals surface area contributed by atoms with E-state index in [1.165, 1.54) is 0 Å². The third-order valence-electron chi connectivity index (χ3n) is 17.6. The topological polar surface area (TPSA) is 4.44 Å². The first kappa shape index (κ1) is 83.9. The quantitative estimate of drug-likeness (QED) is 0.0183. The minimum atomic E-state index is -8.05. The second kappa shape index (κ2) is 30.0. The van der Waals surface area contributed by atoms with Gasteiger partial charge < -0.3 is 0 Å². The van der Waals surface area contributed by atoms with E-state index in [0.29, 0.717) is 25.7 Å². The zero-order valence-electron chi connectivity index (χ0n) is 52.5. The van der Waals surface area contributed by atoms with Gasteiger partial charge in [0.2, 0.25) is 0 Å². The van der Waals surface area contributed by atoms with Crippen LogP contribution in [0.2, 0.25) is 0 Å². The smallest absolute Gasteiger partial charge is 0.234 e. The van der Waals surface area contributed by atoms with E-state index in [-0.39, 0.29) is 12.8 Å². The van der Waals surface area contributed by atoms with E-state index in [1.807, 2.05) is 6.92 Å². The van der Waals surface area contributed by atoms with E-state index in [2.05, 4.69) is 0 Å². The largest absolute Gasteiger partial charge is 0.464 e. The van der Waals surface area contributed by atoms with Crippen LogP contribution in [0, 0.1) is 180 Å². The zero-order chi connectivity index (χ0) is 81.0. The summed E-state index contributed by atoms with van der Waals surface area (Å²) in [5, 5.41) is -27.0. The van der Waals surface area contributed by atoms with Crippen molar-refractivity contribution in [2.24, 2.45) is 0 Å². The van der Waals surface area contributed by atoms with Gasteiger partial charge in [0.25, 0.3) is 0 Å². The van der Waals surface area contributed by atoms with E-state index in [0.717, 1.165) is 19.3 Å². The lowest BCUT2D eigenvalue weighted by atomic mass is 9.11. The Morgan fingerprint density at radius 1 is 0.262 bits per heavy atom. The van der Waals surface area contributed by atoms with Crippen LogP contribution in [0.5, 0.6) is 0 Å². The molecule has 0 aliphatic rings. The Bertz CT molecular complexity index is 4600. The number of halogens is 40. The molecule has 0 heterocycles. The molecule has 9 aromatic rings. The number of nitrogens with one attached hydrogen (secondary N) is 1. The third kappa shape index (κ3) is 12.9. The number of fused-ring (bicyclic) bond motifs is 4. The average Bonchev–Trinajstić information content (AvgIpc) is 0.661. The monoisotopic (exact) mass is 1600 g/mol. The number of benzene rings is 9. The Balaban J connectivity index is 0.000000323. The van der Waals surface area contributed by atoms with Gasteiger partial charge in [-0.25, -0.2) is 137 Å². The maximum absolute atomic E-state index is 17.3. The summed E-state index contributed by atoms with van der Waals surface area (Å²) in [5.74, 6) is -124. The maximum atomic E-state index is 17.3. The van der Waals surface area contributed by atoms with Crippen molar-refractivity contribution in [1.82, 2.24) is 0 Å². The summed E-state index contributed by atoms with van der Waals surface area (Å²) >= 11 is 0. The molecule has 0 radical (unpaired) electrons. The number of quaternary nitrogens is 1. The number of hydrogen-bond donors (Lipinski definition) is 1. The summed E-state index contributed by atoms with van der Waals surface area (Å²) in [6.45, 7) is 2.38. The van der Waals surface area contributed by atoms with Crippen LogP contribution in [-0.4, -0.2) is 30.6 Å². The highest BCUT2D eigenvalue weighted by molar-refractivity contribution is 7.23. The van der Waals surface area contributed by atoms with Gasteiger partial charge in [-0.1, -0.05) is 65.2 Å². The highest BCUT2D eigenvalue weighted by Gasteiger charge is 2.77. The molecule has 0 aliphatic heterocycles. The molecule has 0 saturated heterocycles. The van der Waals surface area contributed by atoms with E-state index < -0.39 is 324 Å². The van der Waals surface area contributed by atoms with Crippen LogP contribution >= 0.6 is 0 Å². The molecule has 9 aromatic carbocycles. The molecule has 0 bridgehead atoms. The Kier molecular flexibility index (Phi) is 23.5. The minimum Gasteiger partial charge on any atom is -0.234 e. The number of unbranched alkanes of at least 4 members (excludes halogenated alkanes) is 9. The Hall–Kier alpha value is -8.76. The van der Waals surface area contributed by atoms with E-state index >= 15 is 114 Å². The van der Waals surface area contributed by atoms with E-state index in [1.54, 1.807) is 6.92 Å². The van der Waals surface area contributed by atoms with Gasteiger partial charge in [-0.2, -0.15) is 35.1 Å². The maximum Gasteiger partial charge on any atom is 0.464 e. The summed E-state index contributed by atoms with van der Waals surface area (Å²) in [6, 6.07) is -6.29. The number of rotatable bonds is 21. The van der Waals surface area contributed by atoms with Gasteiger partial charge in [-0.05, 0) is 40.8 Å². The molecule has 107 heavy (non-hydrogen) atoms. The molecule has 0 saturated carbocycles. The summed E-state index contributed by atoms with van der Waals surface area (Å²) in [5.41, 5.74) is -20.4. The number of hydrogen-bond acceptors (Lipinski definition) is 0. The van der Waals surface area contributed by atoms with Gasteiger partial charge in [0.05, 0.1) is 28.1 Å². The molecule has 0 spiro atoms. The van der Waals surface area contributed by atoms with Crippen molar-refractivity contribution >= 4 is 76.8 Å². The minimum absolute atomic E-state index is 0.0368. The van der Waals surface area contributed by atoms with Crippen LogP contribution in [0.1, 0.15) is 96.5 Å². The summed E-state index contributed by atoms with van der Waals surface area (Å²) < 4.78 is 617. The lowest BCUT2D eigenvalue weighted by molar-refractivity contribution is -0.949. The predicted molar refractivity (Wildman–Crippen MR) is 297 cm³/mol. The molecule has 0 aliphatic carbocycles. The van der Waals surface area contributed by atoms with Crippen molar-refractivity contribution in [2.75, 3.05) is 6.54 Å². The van der Waals surface area contributed by atoms with Gasteiger partial charge in [-0.3, -0.25) is 0 Å². The molecule has 1 nitrogen and oxygen atoms in total. The fraction of sp³-hybridized carbons (Fsp3) is 0.292. The lowest BCUT2D eigenvalue weighted by Gasteiger charge is -2.47. The van der Waals surface area contributed by atoms with Crippen molar-refractivity contribution in [1.29, 1.82) is 0 Å². The first-order valence-corrected chi connectivity index (χ1v) is 30.2. The summed E-state index contributed by atoms with van der Waals surface area (Å²) in [7, 11) is 0. The Labute approximate surface area is 569 Å². The molecule has 42 heteroatoms. The van der Waals surface area contributed by atoms with Gasteiger partial charge in [0.1, 0.15) is 35.0 Å². The fourth-order valence-electron chi connectivity index (χ4n) is 12.7. The van der Waals surface area contributed by atoms with E-state index in [4.69, 9.17) is 0 Å². The van der Waals surface area contributed by atoms with Gasteiger partial charge in [0, 0.05) is 12.5 Å². The highest BCUT2D eigenvalue weighted by atomic mass is 19.4. The van der Waals surface area contributed by atoms with Gasteiger partial charge in [-0.15, -0.1) is 30.6 Å². The fourth-order valence-corrected chi connectivity index (χ4v) is 12.7. The van der Waals surface area contributed by atoms with Crippen molar-refractivity contribution in [3.63, 3.8) is 0 Å². The van der Waals surface area contributed by atoms with Gasteiger partial charge in [0.15, 0.2) is 163 Å². The molecule has 1 N–H and O–H groups in total. The molecule has 1 unspecified atom stereocenters. The molecule has 582 valence electrons. The van der Waals surface area contributed by atoms with Crippen molar-refractivity contribution in [2.45, 2.75) is 115 Å². The van der Waals surface area contributed by atoms with Crippen LogP contribution in [-0.2, 0) is 6.18 Å². The summed E-state index contributed by atoms with van der Waals surface area (Å²) in [6.07, 6.45) is -12.0. The highest BCUT2D eigenvalue weighted by Crippen LogP contribution is 2.48. The summed E-state index contributed by atoms with van der Waals surface area (Å²) in [4.78, 5) is -2.13. The lowest BCUT2D eigenvalue weighted by Crippen LogP contribution is -3.17. The van der Waals surface area contributed by atoms with Crippen LogP contribution in [0.4, 0.5) is 181 Å². The molecule has 1 atom stereocenters. The van der Waals surface area contributed by atoms with Gasteiger partial charge >= 0.3 is 24.1 Å². The standard InChI is InChI=1S/C40BF28.C25H33F12N/c42-13-1-5(21(50)37(66)33(13)62)17(46)29(58)25(54)9(1)41(10-2-6(18(47)30(59)26(10)55)22(51)38(67)34(63)14(2)43,11-3-7(19(48)31(60)27(11)56)23(52)39(68)35(64)15(3)44)12-4-8(20(49)32(61)28(12)57)24(53)40(69)36(65)16(4)45;1-3-5-7-9-10-11-13-15-38(18-16-17(26)20(27)19(21(18)28)23(31,32)33)25(36,37)24(34,35)22(29,30)14-12-8-6-4-2/h;16H,3-15H2,1-2H3/q-1;/p+1. The average molecular weight is 1600 g/mol. The van der Waals surface area contributed by atoms with Crippen molar-refractivity contribution in [3.8, 4) is 0 Å². The molecule has 0 amide bonds. The molecule has 0 fully saturated rings. The zero-order valence-corrected chi connectivity index (χ0v) is 52.5. The first-order valence-electron chi connectivity index (χ1n) is 30.2. The molecular formula is C65H34BF40N. The van der Waals surface area contributed by atoms with Crippen LogP contribution in [0.25, 0.3) is 43.1 Å². The van der Waals surface area contributed by atoms with Crippen molar-refractivity contribution < 1.29 is 181 Å². The second-order valence-electron chi connectivity index (χ2n) is 23.7. The molecular weight excluding hydrogens is 1570 g/mol. The molecule has 0 aromatic heterocycles. The van der Waals surface area contributed by atoms with Crippen molar-refractivity contribution in [3.05, 3.63) is 192 Å². The first-order chi connectivity index (χ1) is 49.5. The SMILES string of the molecule is CCCCCCCCC[NH+](c1cc(F)c(F)c(C(F)(F)F)c1F)C(F)(F)C(F)(F)C(F)(F)CCCCCC.Fc1c(F)c(F)c2c([B-](c3c(F)c(F)c(F)c4c(F)c(F)c(F)c(F)c34)(c3c(F)c(F)c(F)c4c(F)c(F)c(F)c(F)c34)c3c(F)c(F)c(F)c4c(F)c(F)c(F)c(F)c34)c(F)c(F)c(F)c2c1F. The molecule has 9 rings (SSSR count). The van der Waals surface area contributed by atoms with E-state index in [9.17, 15) is 61.5 Å². The Morgan fingerprint density at radius 3 is 0.757 bits per heavy atom. The number of alkyl halides is 9. The Morgan fingerprint density at radius 2 is 0.495 bits per heavy atom. The third-order valence-corrected chi connectivity index (χ3v) is 17.6. The second-order valence-corrected chi connectivity index (χ2v) is 23.7.